The van der Waals surface area contributed by atoms with Gasteiger partial charge in [-0.3, -0.25) is 9.36 Å². The summed E-state index contributed by atoms with van der Waals surface area (Å²) in [6.45, 7) is 3.01. The van der Waals surface area contributed by atoms with Gasteiger partial charge in [0.15, 0.2) is 4.77 Å². The lowest BCUT2D eigenvalue weighted by Crippen LogP contribution is -2.29. The molecule has 1 N–H and O–H groups in total. The molecule has 5 heteroatoms. The largest absolute Gasteiger partial charge is 0.323 e. The Morgan fingerprint density at radius 1 is 1.50 bits per heavy atom. The van der Waals surface area contributed by atoms with E-state index in [1.165, 1.54) is 37.0 Å². The number of aromatic nitrogens is 2. The standard InChI is InChI=1S/C13H16N2OS2/c1-13(5-2-3-6-13)8-15-11(16)9-4-7-18-10(9)14-12(15)17/h4,7H,2-3,5-6,8H2,1H3,(H,14,17). The highest BCUT2D eigenvalue weighted by atomic mass is 32.1. The zero-order valence-electron chi connectivity index (χ0n) is 10.4. The summed E-state index contributed by atoms with van der Waals surface area (Å²) in [6, 6.07) is 1.88. The highest BCUT2D eigenvalue weighted by Gasteiger charge is 2.29. The molecule has 1 aliphatic carbocycles. The summed E-state index contributed by atoms with van der Waals surface area (Å²) in [5.74, 6) is 0. The van der Waals surface area contributed by atoms with E-state index >= 15 is 0 Å². The normalized spacial score (nSPS) is 18.5. The van der Waals surface area contributed by atoms with Gasteiger partial charge in [-0.25, -0.2) is 0 Å². The van der Waals surface area contributed by atoms with Gasteiger partial charge < -0.3 is 4.98 Å². The van der Waals surface area contributed by atoms with E-state index in [-0.39, 0.29) is 11.0 Å². The van der Waals surface area contributed by atoms with E-state index in [4.69, 9.17) is 12.2 Å². The van der Waals surface area contributed by atoms with E-state index in [9.17, 15) is 4.79 Å². The van der Waals surface area contributed by atoms with Crippen molar-refractivity contribution in [3.63, 3.8) is 0 Å². The van der Waals surface area contributed by atoms with Crippen LogP contribution < -0.4 is 5.56 Å². The lowest BCUT2D eigenvalue weighted by Gasteiger charge is -2.24. The molecule has 2 aromatic rings. The molecule has 1 fully saturated rings. The maximum absolute atomic E-state index is 12.4. The SMILES string of the molecule is CC1(Cn2c(=S)[nH]c3sccc3c2=O)CCCC1. The van der Waals surface area contributed by atoms with Crippen molar-refractivity contribution < 1.29 is 0 Å². The smallest absolute Gasteiger partial charge is 0.263 e. The molecule has 0 bridgehead atoms. The van der Waals surface area contributed by atoms with Gasteiger partial charge in [0.25, 0.3) is 5.56 Å². The Balaban J connectivity index is 2.11. The average Bonchev–Trinajstić information content (AvgIpc) is 2.94. The zero-order valence-corrected chi connectivity index (χ0v) is 12.0. The van der Waals surface area contributed by atoms with Crippen LogP contribution in [0, 0.1) is 10.2 Å². The Bertz CT molecular complexity index is 689. The van der Waals surface area contributed by atoms with Gasteiger partial charge in [-0.1, -0.05) is 19.8 Å². The van der Waals surface area contributed by atoms with Crippen molar-refractivity contribution >= 4 is 33.8 Å². The predicted molar refractivity (Wildman–Crippen MR) is 77.8 cm³/mol. The molecule has 1 aliphatic rings. The van der Waals surface area contributed by atoms with Gasteiger partial charge in [-0.2, -0.15) is 0 Å². The highest BCUT2D eigenvalue weighted by Crippen LogP contribution is 2.38. The van der Waals surface area contributed by atoms with E-state index in [2.05, 4.69) is 11.9 Å². The van der Waals surface area contributed by atoms with Gasteiger partial charge in [-0.15, -0.1) is 11.3 Å². The minimum atomic E-state index is 0.0584. The molecule has 0 atom stereocenters. The van der Waals surface area contributed by atoms with Crippen LogP contribution in [0.2, 0.25) is 0 Å². The van der Waals surface area contributed by atoms with Crippen LogP contribution in [0.3, 0.4) is 0 Å². The summed E-state index contributed by atoms with van der Waals surface area (Å²) >= 11 is 6.86. The molecule has 96 valence electrons. The third-order valence-electron chi connectivity index (χ3n) is 3.96. The molecular weight excluding hydrogens is 264 g/mol. The maximum atomic E-state index is 12.4. The first kappa shape index (κ1) is 12.1. The Hall–Kier alpha value is -0.940. The molecule has 0 spiro atoms. The summed E-state index contributed by atoms with van der Waals surface area (Å²) in [4.78, 5) is 16.5. The minimum absolute atomic E-state index is 0.0584. The first-order chi connectivity index (χ1) is 8.59. The van der Waals surface area contributed by atoms with Gasteiger partial charge >= 0.3 is 0 Å². The third-order valence-corrected chi connectivity index (χ3v) is 5.11. The zero-order chi connectivity index (χ0) is 12.8. The number of rotatable bonds is 2. The molecule has 2 heterocycles. The number of hydrogen-bond acceptors (Lipinski definition) is 3. The van der Waals surface area contributed by atoms with E-state index in [1.54, 1.807) is 4.57 Å². The number of nitrogens with zero attached hydrogens (tertiary/aromatic N) is 1. The summed E-state index contributed by atoms with van der Waals surface area (Å²) in [5.41, 5.74) is 0.290. The molecule has 3 rings (SSSR count). The van der Waals surface area contributed by atoms with Crippen molar-refractivity contribution in [1.29, 1.82) is 0 Å². The van der Waals surface area contributed by atoms with Crippen molar-refractivity contribution in [1.82, 2.24) is 9.55 Å². The third kappa shape index (κ3) is 1.95. The van der Waals surface area contributed by atoms with E-state index in [1.807, 2.05) is 11.4 Å². The predicted octanol–water partition coefficient (Wildman–Crippen LogP) is 3.70. The number of H-pyrrole nitrogens is 1. The Morgan fingerprint density at radius 3 is 2.94 bits per heavy atom. The summed E-state index contributed by atoms with van der Waals surface area (Å²) < 4.78 is 2.30. The second-order valence-corrected chi connectivity index (χ2v) is 6.81. The summed E-state index contributed by atoms with van der Waals surface area (Å²) in [7, 11) is 0. The quantitative estimate of drug-likeness (QED) is 0.852. The van der Waals surface area contributed by atoms with Crippen molar-refractivity contribution in [2.45, 2.75) is 39.2 Å². The maximum Gasteiger partial charge on any atom is 0.263 e. The first-order valence-corrected chi connectivity index (χ1v) is 7.58. The van der Waals surface area contributed by atoms with Crippen LogP contribution >= 0.6 is 23.6 Å². The summed E-state index contributed by atoms with van der Waals surface area (Å²) in [5, 5.41) is 2.69. The Kier molecular flexibility index (Phi) is 2.90. The van der Waals surface area contributed by atoms with Gasteiger partial charge in [0.2, 0.25) is 0 Å². The minimum Gasteiger partial charge on any atom is -0.323 e. The van der Waals surface area contributed by atoms with Crippen LogP contribution in [0.25, 0.3) is 10.2 Å². The molecule has 1 saturated carbocycles. The molecular formula is C13H16N2OS2. The summed E-state index contributed by atoms with van der Waals surface area (Å²) in [6.07, 6.45) is 4.91. The molecule has 0 saturated heterocycles. The monoisotopic (exact) mass is 280 g/mol. The fraction of sp³-hybridized carbons (Fsp3) is 0.538. The van der Waals surface area contributed by atoms with Gasteiger partial charge in [-0.05, 0) is 41.9 Å². The number of aromatic amines is 1. The molecule has 0 unspecified atom stereocenters. The molecule has 0 aliphatic heterocycles. The number of hydrogen-bond donors (Lipinski definition) is 1. The van der Waals surface area contributed by atoms with Crippen LogP contribution in [-0.4, -0.2) is 9.55 Å². The van der Waals surface area contributed by atoms with Crippen LogP contribution in [0.5, 0.6) is 0 Å². The molecule has 0 radical (unpaired) electrons. The lowest BCUT2D eigenvalue weighted by molar-refractivity contribution is 0.275. The fourth-order valence-corrected chi connectivity index (χ4v) is 3.98. The lowest BCUT2D eigenvalue weighted by atomic mass is 9.89. The number of fused-ring (bicyclic) bond motifs is 1. The molecule has 0 amide bonds. The van der Waals surface area contributed by atoms with E-state index < -0.39 is 0 Å². The van der Waals surface area contributed by atoms with Gasteiger partial charge in [0.05, 0.1) is 5.39 Å². The first-order valence-electron chi connectivity index (χ1n) is 6.29. The number of nitrogens with one attached hydrogen (secondary N) is 1. The molecule has 18 heavy (non-hydrogen) atoms. The van der Waals surface area contributed by atoms with Crippen molar-refractivity contribution in [2.75, 3.05) is 0 Å². The average molecular weight is 280 g/mol. The topological polar surface area (TPSA) is 37.8 Å². The van der Waals surface area contributed by atoms with Gasteiger partial charge in [0, 0.05) is 6.54 Å². The number of thiophene rings is 1. The van der Waals surface area contributed by atoms with Crippen molar-refractivity contribution in [3.8, 4) is 0 Å². The fourth-order valence-electron chi connectivity index (χ4n) is 2.89. The second-order valence-electron chi connectivity index (χ2n) is 5.50. The van der Waals surface area contributed by atoms with Crippen LogP contribution in [0.1, 0.15) is 32.6 Å². The van der Waals surface area contributed by atoms with Crippen LogP contribution in [0.15, 0.2) is 16.2 Å². The van der Waals surface area contributed by atoms with E-state index in [0.717, 1.165) is 16.8 Å². The van der Waals surface area contributed by atoms with Gasteiger partial charge in [0.1, 0.15) is 4.83 Å². The van der Waals surface area contributed by atoms with Crippen LogP contribution in [0.4, 0.5) is 0 Å². The Labute approximate surface area is 114 Å². The Morgan fingerprint density at radius 2 is 2.22 bits per heavy atom. The van der Waals surface area contributed by atoms with Crippen molar-refractivity contribution in [2.24, 2.45) is 5.41 Å². The molecule has 3 nitrogen and oxygen atoms in total. The van der Waals surface area contributed by atoms with E-state index in [0.29, 0.717) is 4.77 Å². The van der Waals surface area contributed by atoms with Crippen LogP contribution in [-0.2, 0) is 6.54 Å². The highest BCUT2D eigenvalue weighted by molar-refractivity contribution is 7.71. The molecule has 0 aromatic carbocycles. The second kappa shape index (κ2) is 4.31. The molecule has 2 aromatic heterocycles. The van der Waals surface area contributed by atoms with Crippen molar-refractivity contribution in [3.05, 3.63) is 26.6 Å².